The summed E-state index contributed by atoms with van der Waals surface area (Å²) in [6.07, 6.45) is 3.84. The van der Waals surface area contributed by atoms with E-state index in [0.29, 0.717) is 17.0 Å². The molecule has 6 nitrogen and oxygen atoms in total. The third-order valence-electron chi connectivity index (χ3n) is 4.49. The number of rotatable bonds is 3. The molecule has 0 spiro atoms. The first-order valence-corrected chi connectivity index (χ1v) is 7.94. The number of carbonyl (C=O) groups excluding carboxylic acids is 1. The van der Waals surface area contributed by atoms with Crippen LogP contribution in [0.4, 0.5) is 5.82 Å². The van der Waals surface area contributed by atoms with Crippen molar-refractivity contribution in [2.75, 3.05) is 25.0 Å². The highest BCUT2D eigenvalue weighted by molar-refractivity contribution is 5.96. The quantitative estimate of drug-likeness (QED) is 0.870. The molecule has 3 rings (SSSR count). The van der Waals surface area contributed by atoms with Crippen LogP contribution in [0, 0.1) is 13.8 Å². The SMILES string of the molecule is Cc1noc(C)c1C(=O)N(C)C1CCCN(c2ccccn2)C1. The molecule has 0 saturated carbocycles. The molecule has 1 unspecified atom stereocenters. The molecule has 1 saturated heterocycles. The Morgan fingerprint density at radius 2 is 2.22 bits per heavy atom. The van der Waals surface area contributed by atoms with Crippen molar-refractivity contribution >= 4 is 11.7 Å². The molecule has 1 fully saturated rings. The molecular formula is C17H22N4O2. The Morgan fingerprint density at radius 3 is 2.87 bits per heavy atom. The maximum Gasteiger partial charge on any atom is 0.259 e. The zero-order chi connectivity index (χ0) is 16.4. The Kier molecular flexibility index (Phi) is 4.32. The molecule has 3 heterocycles. The molecule has 0 radical (unpaired) electrons. The van der Waals surface area contributed by atoms with Gasteiger partial charge in [0.15, 0.2) is 0 Å². The van der Waals surface area contributed by atoms with E-state index in [1.807, 2.05) is 30.1 Å². The van der Waals surface area contributed by atoms with Gasteiger partial charge in [-0.05, 0) is 38.8 Å². The summed E-state index contributed by atoms with van der Waals surface area (Å²) >= 11 is 0. The number of likely N-dealkylation sites (N-methyl/N-ethyl adjacent to an activating group) is 1. The molecule has 23 heavy (non-hydrogen) atoms. The summed E-state index contributed by atoms with van der Waals surface area (Å²) in [5.41, 5.74) is 1.24. The number of hydrogen-bond acceptors (Lipinski definition) is 5. The number of aromatic nitrogens is 2. The molecule has 0 aromatic carbocycles. The Bertz CT molecular complexity index is 664. The summed E-state index contributed by atoms with van der Waals surface area (Å²) in [7, 11) is 1.86. The van der Waals surface area contributed by atoms with E-state index in [4.69, 9.17) is 4.52 Å². The monoisotopic (exact) mass is 314 g/mol. The lowest BCUT2D eigenvalue weighted by molar-refractivity contribution is 0.0715. The number of amides is 1. The molecule has 0 bridgehead atoms. The van der Waals surface area contributed by atoms with E-state index in [1.165, 1.54) is 0 Å². The van der Waals surface area contributed by atoms with Crippen LogP contribution in [0.1, 0.15) is 34.7 Å². The van der Waals surface area contributed by atoms with Crippen LogP contribution < -0.4 is 4.90 Å². The summed E-state index contributed by atoms with van der Waals surface area (Å²) < 4.78 is 5.13. The van der Waals surface area contributed by atoms with Crippen molar-refractivity contribution in [2.24, 2.45) is 0 Å². The fraction of sp³-hybridized carbons (Fsp3) is 0.471. The van der Waals surface area contributed by atoms with E-state index >= 15 is 0 Å². The minimum atomic E-state index is -0.0193. The summed E-state index contributed by atoms with van der Waals surface area (Å²) in [5.74, 6) is 1.53. The number of aryl methyl sites for hydroxylation is 2. The summed E-state index contributed by atoms with van der Waals surface area (Å²) in [5, 5.41) is 3.88. The van der Waals surface area contributed by atoms with Gasteiger partial charge in [-0.1, -0.05) is 11.2 Å². The van der Waals surface area contributed by atoms with Gasteiger partial charge in [0.1, 0.15) is 17.1 Å². The highest BCUT2D eigenvalue weighted by Crippen LogP contribution is 2.22. The molecule has 2 aromatic heterocycles. The number of pyridine rings is 1. The van der Waals surface area contributed by atoms with Crippen molar-refractivity contribution in [3.63, 3.8) is 0 Å². The van der Waals surface area contributed by atoms with Crippen LogP contribution in [0.5, 0.6) is 0 Å². The molecule has 122 valence electrons. The van der Waals surface area contributed by atoms with Crippen molar-refractivity contribution in [2.45, 2.75) is 32.7 Å². The minimum absolute atomic E-state index is 0.0193. The topological polar surface area (TPSA) is 62.5 Å². The molecule has 1 aliphatic heterocycles. The van der Waals surface area contributed by atoms with Crippen molar-refractivity contribution in [3.05, 3.63) is 41.4 Å². The van der Waals surface area contributed by atoms with E-state index in [9.17, 15) is 4.79 Å². The van der Waals surface area contributed by atoms with Gasteiger partial charge in [-0.2, -0.15) is 0 Å². The summed E-state index contributed by atoms with van der Waals surface area (Å²) in [6.45, 7) is 5.35. The van der Waals surface area contributed by atoms with Gasteiger partial charge in [-0.3, -0.25) is 4.79 Å². The van der Waals surface area contributed by atoms with Crippen LogP contribution in [0.2, 0.25) is 0 Å². The van der Waals surface area contributed by atoms with Gasteiger partial charge in [0.05, 0.1) is 5.69 Å². The zero-order valence-electron chi connectivity index (χ0n) is 13.8. The molecular weight excluding hydrogens is 292 g/mol. The molecule has 0 N–H and O–H groups in total. The standard InChI is InChI=1S/C17H22N4O2/c1-12-16(13(2)23-19-12)17(22)20(3)14-7-6-10-21(11-14)15-8-4-5-9-18-15/h4-5,8-9,14H,6-7,10-11H2,1-3H3. The summed E-state index contributed by atoms with van der Waals surface area (Å²) in [4.78, 5) is 21.3. The third-order valence-corrected chi connectivity index (χ3v) is 4.49. The van der Waals surface area contributed by atoms with Gasteiger partial charge < -0.3 is 14.3 Å². The van der Waals surface area contributed by atoms with Gasteiger partial charge in [0.25, 0.3) is 5.91 Å². The van der Waals surface area contributed by atoms with Gasteiger partial charge in [-0.25, -0.2) is 4.98 Å². The van der Waals surface area contributed by atoms with E-state index in [0.717, 1.165) is 31.7 Å². The Balaban J connectivity index is 1.75. The first-order valence-electron chi connectivity index (χ1n) is 7.94. The van der Waals surface area contributed by atoms with Crippen LogP contribution in [0.15, 0.2) is 28.9 Å². The Morgan fingerprint density at radius 1 is 1.39 bits per heavy atom. The first-order chi connectivity index (χ1) is 11.1. The number of anilines is 1. The molecule has 2 aromatic rings. The van der Waals surface area contributed by atoms with Crippen molar-refractivity contribution in [1.82, 2.24) is 15.0 Å². The molecule has 0 aliphatic carbocycles. The maximum absolute atomic E-state index is 12.8. The van der Waals surface area contributed by atoms with E-state index in [2.05, 4.69) is 15.0 Å². The van der Waals surface area contributed by atoms with E-state index in [1.54, 1.807) is 20.0 Å². The van der Waals surface area contributed by atoms with Crippen LogP contribution in [0.3, 0.4) is 0 Å². The van der Waals surface area contributed by atoms with Crippen molar-refractivity contribution in [3.8, 4) is 0 Å². The Labute approximate surface area is 136 Å². The van der Waals surface area contributed by atoms with Gasteiger partial charge in [0, 0.05) is 32.4 Å². The van der Waals surface area contributed by atoms with Crippen LogP contribution in [-0.2, 0) is 0 Å². The van der Waals surface area contributed by atoms with E-state index < -0.39 is 0 Å². The normalized spacial score (nSPS) is 18.0. The number of nitrogens with zero attached hydrogens (tertiary/aromatic N) is 4. The second-order valence-corrected chi connectivity index (χ2v) is 6.05. The van der Waals surface area contributed by atoms with Crippen molar-refractivity contribution < 1.29 is 9.32 Å². The van der Waals surface area contributed by atoms with Crippen molar-refractivity contribution in [1.29, 1.82) is 0 Å². The second-order valence-electron chi connectivity index (χ2n) is 6.05. The number of hydrogen-bond donors (Lipinski definition) is 0. The summed E-state index contributed by atoms with van der Waals surface area (Å²) in [6, 6.07) is 6.08. The molecule has 1 amide bonds. The van der Waals surface area contributed by atoms with Crippen LogP contribution in [-0.4, -0.2) is 47.1 Å². The van der Waals surface area contributed by atoms with E-state index in [-0.39, 0.29) is 11.9 Å². The predicted octanol–water partition coefficient (Wildman–Crippen LogP) is 2.43. The lowest BCUT2D eigenvalue weighted by atomic mass is 10.0. The number of piperidine rings is 1. The lowest BCUT2D eigenvalue weighted by Crippen LogP contribution is -2.49. The smallest absolute Gasteiger partial charge is 0.259 e. The molecule has 1 atom stereocenters. The largest absolute Gasteiger partial charge is 0.361 e. The van der Waals surface area contributed by atoms with Gasteiger partial charge >= 0.3 is 0 Å². The zero-order valence-corrected chi connectivity index (χ0v) is 13.8. The second kappa shape index (κ2) is 6.40. The average Bonchev–Trinajstić information content (AvgIpc) is 2.93. The molecule has 6 heteroatoms. The maximum atomic E-state index is 12.8. The highest BCUT2D eigenvalue weighted by Gasteiger charge is 2.29. The minimum Gasteiger partial charge on any atom is -0.361 e. The Hall–Kier alpha value is -2.37. The average molecular weight is 314 g/mol. The molecule has 1 aliphatic rings. The first kappa shape index (κ1) is 15.5. The van der Waals surface area contributed by atoms with Gasteiger partial charge in [-0.15, -0.1) is 0 Å². The predicted molar refractivity (Wildman–Crippen MR) is 87.5 cm³/mol. The fourth-order valence-corrected chi connectivity index (χ4v) is 3.15. The lowest BCUT2D eigenvalue weighted by Gasteiger charge is -2.38. The third kappa shape index (κ3) is 3.06. The highest BCUT2D eigenvalue weighted by atomic mass is 16.5. The van der Waals surface area contributed by atoms with Crippen LogP contribution >= 0.6 is 0 Å². The van der Waals surface area contributed by atoms with Crippen LogP contribution in [0.25, 0.3) is 0 Å². The fourth-order valence-electron chi connectivity index (χ4n) is 3.15. The van der Waals surface area contributed by atoms with Gasteiger partial charge in [0.2, 0.25) is 0 Å². The number of carbonyl (C=O) groups is 1.